The molecule has 0 atom stereocenters. The van der Waals surface area contributed by atoms with E-state index in [0.717, 1.165) is 33.8 Å². The molecule has 0 radical (unpaired) electrons. The van der Waals surface area contributed by atoms with Crippen molar-refractivity contribution in [2.75, 3.05) is 18.4 Å². The van der Waals surface area contributed by atoms with E-state index in [1.165, 1.54) is 13.8 Å². The lowest BCUT2D eigenvalue weighted by atomic mass is 9.98. The molecule has 0 unspecified atom stereocenters. The molecule has 0 saturated heterocycles. The highest BCUT2D eigenvalue weighted by molar-refractivity contribution is 7.09. The Labute approximate surface area is 173 Å². The molecule has 0 bridgehead atoms. The summed E-state index contributed by atoms with van der Waals surface area (Å²) in [5.74, 6) is -0.252. The quantitative estimate of drug-likeness (QED) is 0.811. The van der Waals surface area contributed by atoms with Gasteiger partial charge >= 0.3 is 6.03 Å². The number of carbonyl (C=O) groups is 2. The van der Waals surface area contributed by atoms with E-state index in [-0.39, 0.29) is 11.9 Å². The number of rotatable bonds is 3. The fourth-order valence-corrected chi connectivity index (χ4v) is 4.37. The second-order valence-corrected chi connectivity index (χ2v) is 8.81. The van der Waals surface area contributed by atoms with Gasteiger partial charge in [-0.05, 0) is 43.5 Å². The fraction of sp³-hybridized carbons (Fsp3) is 0.381. The Morgan fingerprint density at radius 1 is 1.17 bits per heavy atom. The maximum atomic E-state index is 12.5. The minimum Gasteiger partial charge on any atom is -0.381 e. The Kier molecular flexibility index (Phi) is 5.14. The van der Waals surface area contributed by atoms with Crippen molar-refractivity contribution in [1.29, 1.82) is 0 Å². The normalized spacial score (nSPS) is 16.4. The highest BCUT2D eigenvalue weighted by Gasteiger charge is 2.30. The van der Waals surface area contributed by atoms with Crippen molar-refractivity contribution in [3.05, 3.63) is 52.0 Å². The Hall–Kier alpha value is -2.71. The van der Waals surface area contributed by atoms with Gasteiger partial charge in [0.25, 0.3) is 5.91 Å². The van der Waals surface area contributed by atoms with Gasteiger partial charge in [0.1, 0.15) is 5.60 Å². The molecule has 152 valence electrons. The van der Waals surface area contributed by atoms with Crippen LogP contribution in [0.2, 0.25) is 0 Å². The van der Waals surface area contributed by atoms with E-state index in [1.807, 2.05) is 35.9 Å². The maximum Gasteiger partial charge on any atom is 0.322 e. The highest BCUT2D eigenvalue weighted by Crippen LogP contribution is 2.27. The van der Waals surface area contributed by atoms with E-state index in [0.29, 0.717) is 26.2 Å². The number of nitrogens with one attached hydrogen (secondary N) is 1. The fourth-order valence-electron chi connectivity index (χ4n) is 3.58. The Bertz CT molecular complexity index is 939. The monoisotopic (exact) mass is 412 g/mol. The number of aliphatic hydroxyl groups is 1. The number of nitrogens with zero attached hydrogens (tertiary/aromatic N) is 3. The second-order valence-electron chi connectivity index (χ2n) is 7.88. The summed E-state index contributed by atoms with van der Waals surface area (Å²) in [5.41, 5.74) is 4.45. The largest absolute Gasteiger partial charge is 0.381 e. The van der Waals surface area contributed by atoms with E-state index < -0.39 is 5.60 Å². The molecule has 2 aromatic rings. The molecule has 3 heterocycles. The summed E-state index contributed by atoms with van der Waals surface area (Å²) in [4.78, 5) is 33.5. The minimum absolute atomic E-state index is 0.124. The van der Waals surface area contributed by atoms with Crippen molar-refractivity contribution in [1.82, 2.24) is 14.8 Å². The van der Waals surface area contributed by atoms with Gasteiger partial charge in [-0.2, -0.15) is 0 Å². The summed E-state index contributed by atoms with van der Waals surface area (Å²) in [6, 6.07) is 7.63. The standard InChI is InChI=1S/C21H24N4O3S/c1-21(2,28)19(26)24-9-7-15(8-10-24)14-3-5-16(6-4-14)23-20(27)25-11-17-18(12-25)29-13-22-17/h3-7,13,28H,8-12H2,1-2H3,(H,23,27). The number of fused-ring (bicyclic) bond motifs is 1. The van der Waals surface area contributed by atoms with Crippen LogP contribution in [0.25, 0.3) is 5.57 Å². The molecule has 0 spiro atoms. The average Bonchev–Trinajstić information content (AvgIpc) is 3.30. The number of hydrogen-bond donors (Lipinski definition) is 2. The molecule has 4 rings (SSSR count). The van der Waals surface area contributed by atoms with Gasteiger partial charge in [-0.25, -0.2) is 9.78 Å². The molecule has 2 N–H and O–H groups in total. The zero-order valence-electron chi connectivity index (χ0n) is 16.5. The zero-order chi connectivity index (χ0) is 20.6. The van der Waals surface area contributed by atoms with Crippen LogP contribution in [0, 0.1) is 0 Å². The predicted molar refractivity (Wildman–Crippen MR) is 112 cm³/mol. The predicted octanol–water partition coefficient (Wildman–Crippen LogP) is 3.08. The first-order valence-electron chi connectivity index (χ1n) is 9.59. The third kappa shape index (κ3) is 4.18. The summed E-state index contributed by atoms with van der Waals surface area (Å²) < 4.78 is 0. The molecule has 8 heteroatoms. The number of amides is 3. The van der Waals surface area contributed by atoms with Crippen LogP contribution in [-0.2, 0) is 17.9 Å². The third-order valence-electron chi connectivity index (χ3n) is 5.21. The summed E-state index contributed by atoms with van der Waals surface area (Å²) in [6.45, 7) is 5.26. The van der Waals surface area contributed by atoms with E-state index >= 15 is 0 Å². The summed E-state index contributed by atoms with van der Waals surface area (Å²) in [6.07, 6.45) is 2.76. The summed E-state index contributed by atoms with van der Waals surface area (Å²) in [7, 11) is 0. The first-order valence-corrected chi connectivity index (χ1v) is 10.5. The van der Waals surface area contributed by atoms with Gasteiger partial charge in [0, 0.05) is 23.7 Å². The smallest absolute Gasteiger partial charge is 0.322 e. The van der Waals surface area contributed by atoms with Gasteiger partial charge < -0.3 is 20.2 Å². The van der Waals surface area contributed by atoms with Crippen LogP contribution in [0.15, 0.2) is 35.9 Å². The zero-order valence-corrected chi connectivity index (χ0v) is 17.3. The molecule has 0 aliphatic carbocycles. The van der Waals surface area contributed by atoms with Crippen molar-refractivity contribution in [3.63, 3.8) is 0 Å². The minimum atomic E-state index is -1.35. The Morgan fingerprint density at radius 3 is 2.55 bits per heavy atom. The number of aromatic nitrogens is 1. The molecule has 1 aromatic heterocycles. The molecule has 1 aromatic carbocycles. The molecular formula is C21H24N4O3S. The van der Waals surface area contributed by atoms with Crippen LogP contribution in [0.1, 0.15) is 36.4 Å². The molecule has 3 amide bonds. The molecule has 7 nitrogen and oxygen atoms in total. The van der Waals surface area contributed by atoms with Crippen LogP contribution in [0.3, 0.4) is 0 Å². The highest BCUT2D eigenvalue weighted by atomic mass is 32.1. The molecular weight excluding hydrogens is 388 g/mol. The lowest BCUT2D eigenvalue weighted by Gasteiger charge is -2.31. The first-order chi connectivity index (χ1) is 13.8. The lowest BCUT2D eigenvalue weighted by Crippen LogP contribution is -2.46. The van der Waals surface area contributed by atoms with E-state index in [2.05, 4.69) is 10.3 Å². The van der Waals surface area contributed by atoms with Crippen molar-refractivity contribution >= 4 is 34.5 Å². The van der Waals surface area contributed by atoms with Crippen molar-refractivity contribution in [3.8, 4) is 0 Å². The van der Waals surface area contributed by atoms with Gasteiger partial charge in [0.15, 0.2) is 0 Å². The van der Waals surface area contributed by atoms with Crippen molar-refractivity contribution in [2.45, 2.75) is 39.0 Å². The Morgan fingerprint density at radius 2 is 1.93 bits per heavy atom. The number of hydrogen-bond acceptors (Lipinski definition) is 5. The summed E-state index contributed by atoms with van der Waals surface area (Å²) in [5, 5.41) is 12.8. The van der Waals surface area contributed by atoms with E-state index in [9.17, 15) is 14.7 Å². The van der Waals surface area contributed by atoms with Gasteiger partial charge in [-0.3, -0.25) is 4.79 Å². The van der Waals surface area contributed by atoms with Crippen LogP contribution < -0.4 is 5.32 Å². The number of thiazole rings is 1. The van der Waals surface area contributed by atoms with Gasteiger partial charge in [-0.1, -0.05) is 18.2 Å². The van der Waals surface area contributed by atoms with Crippen LogP contribution in [0.5, 0.6) is 0 Å². The number of carbonyl (C=O) groups excluding carboxylic acids is 2. The van der Waals surface area contributed by atoms with Crippen LogP contribution in [-0.4, -0.2) is 50.5 Å². The van der Waals surface area contributed by atoms with Crippen LogP contribution >= 0.6 is 11.3 Å². The summed E-state index contributed by atoms with van der Waals surface area (Å²) >= 11 is 1.58. The average molecular weight is 413 g/mol. The molecule has 0 fully saturated rings. The lowest BCUT2D eigenvalue weighted by molar-refractivity contribution is -0.147. The maximum absolute atomic E-state index is 12.5. The topological polar surface area (TPSA) is 85.8 Å². The van der Waals surface area contributed by atoms with Gasteiger partial charge in [0.2, 0.25) is 0 Å². The molecule has 29 heavy (non-hydrogen) atoms. The van der Waals surface area contributed by atoms with E-state index in [1.54, 1.807) is 21.1 Å². The molecule has 2 aliphatic heterocycles. The van der Waals surface area contributed by atoms with Crippen LogP contribution in [0.4, 0.5) is 10.5 Å². The van der Waals surface area contributed by atoms with Crippen molar-refractivity contribution < 1.29 is 14.7 Å². The molecule has 2 aliphatic rings. The second kappa shape index (κ2) is 7.61. The molecule has 0 saturated carbocycles. The number of benzene rings is 1. The van der Waals surface area contributed by atoms with E-state index in [4.69, 9.17) is 0 Å². The number of anilines is 1. The Balaban J connectivity index is 1.35. The SMILES string of the molecule is CC(C)(O)C(=O)N1CC=C(c2ccc(NC(=O)N3Cc4ncsc4C3)cc2)CC1. The number of urea groups is 1. The third-order valence-corrected chi connectivity index (χ3v) is 6.07. The van der Waals surface area contributed by atoms with Crippen molar-refractivity contribution in [2.24, 2.45) is 0 Å². The van der Waals surface area contributed by atoms with Gasteiger partial charge in [-0.15, -0.1) is 11.3 Å². The first kappa shape index (κ1) is 19.6. The van der Waals surface area contributed by atoms with Gasteiger partial charge in [0.05, 0.1) is 24.3 Å².